The van der Waals surface area contributed by atoms with Gasteiger partial charge in [-0.2, -0.15) is 0 Å². The Morgan fingerprint density at radius 2 is 1.85 bits per heavy atom. The molecule has 0 radical (unpaired) electrons. The van der Waals surface area contributed by atoms with Crippen LogP contribution in [0.5, 0.6) is 5.88 Å². The monoisotopic (exact) mass is 447 g/mol. The van der Waals surface area contributed by atoms with Crippen LogP contribution in [0.15, 0.2) is 47.0 Å². The predicted octanol–water partition coefficient (Wildman–Crippen LogP) is 3.80. The summed E-state index contributed by atoms with van der Waals surface area (Å²) in [6.45, 7) is 8.24. The maximum absolute atomic E-state index is 6.17. The van der Waals surface area contributed by atoms with Gasteiger partial charge >= 0.3 is 0 Å². The highest BCUT2D eigenvalue weighted by molar-refractivity contribution is 5.88. The van der Waals surface area contributed by atoms with Crippen molar-refractivity contribution in [3.63, 3.8) is 0 Å². The molecule has 0 unspecified atom stereocenters. The lowest BCUT2D eigenvalue weighted by atomic mass is 9.91. The molecule has 0 saturated carbocycles. The number of aromatic nitrogens is 2. The van der Waals surface area contributed by atoms with Crippen LogP contribution in [-0.4, -0.2) is 71.9 Å². The number of hydrogen-bond acceptors (Lipinski definition) is 7. The van der Waals surface area contributed by atoms with E-state index in [0.29, 0.717) is 12.0 Å². The van der Waals surface area contributed by atoms with Crippen molar-refractivity contribution in [1.29, 1.82) is 0 Å². The third kappa shape index (κ3) is 4.57. The van der Waals surface area contributed by atoms with E-state index in [-0.39, 0.29) is 0 Å². The number of ether oxygens (including phenoxy) is 1. The van der Waals surface area contributed by atoms with Gasteiger partial charge in [-0.25, -0.2) is 4.98 Å². The van der Waals surface area contributed by atoms with Gasteiger partial charge in [-0.05, 0) is 57.0 Å². The Balaban J connectivity index is 1.02. The third-order valence-corrected chi connectivity index (χ3v) is 7.50. The summed E-state index contributed by atoms with van der Waals surface area (Å²) >= 11 is 0. The van der Waals surface area contributed by atoms with E-state index in [2.05, 4.69) is 44.1 Å². The van der Waals surface area contributed by atoms with Crippen LogP contribution in [0.3, 0.4) is 0 Å². The van der Waals surface area contributed by atoms with Gasteiger partial charge in [-0.1, -0.05) is 23.4 Å². The summed E-state index contributed by atoms with van der Waals surface area (Å²) in [5, 5.41) is 5.49. The summed E-state index contributed by atoms with van der Waals surface area (Å²) in [5.74, 6) is 2.33. The van der Waals surface area contributed by atoms with Gasteiger partial charge in [0.15, 0.2) is 11.4 Å². The van der Waals surface area contributed by atoms with E-state index in [0.717, 1.165) is 67.7 Å². The van der Waals surface area contributed by atoms with Gasteiger partial charge in [0, 0.05) is 50.7 Å². The fraction of sp³-hybridized carbons (Fsp3) is 0.538. The minimum absolute atomic E-state index is 0.560. The molecule has 2 aromatic heterocycles. The standard InChI is InChI=1S/C26H33N5O2/c1-2-8-24-23(7-1)26(28-33-24)31-15-14-30-16-20(10-11-22(30)18-31)19-32-25-9-5-6-21(27-25)17-29-12-3-4-13-29/h1-2,5-9,20,22H,3-4,10-19H2/t20-,22-/m0/s1. The second-order valence-electron chi connectivity index (χ2n) is 9.80. The average Bonchev–Trinajstić information content (AvgIpc) is 3.53. The highest BCUT2D eigenvalue weighted by Crippen LogP contribution is 2.31. The summed E-state index contributed by atoms with van der Waals surface area (Å²) < 4.78 is 11.7. The Hall–Kier alpha value is -2.64. The van der Waals surface area contributed by atoms with Crippen LogP contribution in [-0.2, 0) is 6.54 Å². The predicted molar refractivity (Wildman–Crippen MR) is 129 cm³/mol. The normalized spacial score (nSPS) is 24.3. The number of likely N-dealkylation sites (tertiary alicyclic amines) is 1. The molecule has 5 heterocycles. The van der Waals surface area contributed by atoms with Crippen molar-refractivity contribution in [1.82, 2.24) is 19.9 Å². The molecule has 0 N–H and O–H groups in total. The minimum atomic E-state index is 0.560. The van der Waals surface area contributed by atoms with Crippen molar-refractivity contribution < 1.29 is 9.26 Å². The molecule has 7 nitrogen and oxygen atoms in total. The zero-order valence-corrected chi connectivity index (χ0v) is 19.2. The van der Waals surface area contributed by atoms with Crippen LogP contribution in [0.4, 0.5) is 5.82 Å². The second-order valence-corrected chi connectivity index (χ2v) is 9.80. The van der Waals surface area contributed by atoms with E-state index < -0.39 is 0 Å². The molecular formula is C26H33N5O2. The number of nitrogens with zero attached hydrogens (tertiary/aromatic N) is 5. The largest absolute Gasteiger partial charge is 0.477 e. The summed E-state index contributed by atoms with van der Waals surface area (Å²) in [6.07, 6.45) is 5.01. The molecule has 7 heteroatoms. The van der Waals surface area contributed by atoms with Gasteiger partial charge in [0.05, 0.1) is 17.7 Å². The van der Waals surface area contributed by atoms with Crippen LogP contribution in [0, 0.1) is 5.92 Å². The van der Waals surface area contributed by atoms with Crippen LogP contribution < -0.4 is 9.64 Å². The first-order valence-corrected chi connectivity index (χ1v) is 12.5. The molecule has 3 fully saturated rings. The Kier molecular flexibility index (Phi) is 5.91. The number of fused-ring (bicyclic) bond motifs is 2. The first-order chi connectivity index (χ1) is 16.3. The van der Waals surface area contributed by atoms with E-state index in [4.69, 9.17) is 14.2 Å². The number of pyridine rings is 1. The zero-order chi connectivity index (χ0) is 22.0. The number of piperidine rings is 1. The first kappa shape index (κ1) is 20.9. The van der Waals surface area contributed by atoms with Crippen molar-refractivity contribution in [2.75, 3.05) is 50.8 Å². The number of rotatable bonds is 6. The SMILES string of the molecule is c1cc(CN2CCCC2)nc(OC[C@H]2CC[C@H]3CN(c4noc5ccccc45)CCN3C2)c1. The highest BCUT2D eigenvalue weighted by atomic mass is 16.5. The third-order valence-electron chi connectivity index (χ3n) is 7.50. The maximum atomic E-state index is 6.17. The molecule has 2 atom stereocenters. The number of piperazine rings is 1. The molecule has 3 aliphatic rings. The van der Waals surface area contributed by atoms with Gasteiger partial charge < -0.3 is 14.2 Å². The van der Waals surface area contributed by atoms with Gasteiger partial charge in [0.25, 0.3) is 0 Å². The molecule has 0 aliphatic carbocycles. The number of hydrogen-bond donors (Lipinski definition) is 0. The Labute approximate surface area is 195 Å². The van der Waals surface area contributed by atoms with E-state index in [1.54, 1.807) is 0 Å². The molecule has 0 amide bonds. The van der Waals surface area contributed by atoms with Crippen molar-refractivity contribution >= 4 is 16.8 Å². The molecule has 1 aromatic carbocycles. The molecule has 3 saturated heterocycles. The Morgan fingerprint density at radius 3 is 2.79 bits per heavy atom. The molecule has 3 aliphatic heterocycles. The summed E-state index contributed by atoms with van der Waals surface area (Å²) in [7, 11) is 0. The van der Waals surface area contributed by atoms with Crippen LogP contribution >= 0.6 is 0 Å². The van der Waals surface area contributed by atoms with E-state index in [9.17, 15) is 0 Å². The smallest absolute Gasteiger partial charge is 0.213 e. The van der Waals surface area contributed by atoms with Crippen molar-refractivity contribution in [3.05, 3.63) is 48.2 Å². The van der Waals surface area contributed by atoms with Crippen LogP contribution in [0.2, 0.25) is 0 Å². The van der Waals surface area contributed by atoms with Crippen molar-refractivity contribution in [3.8, 4) is 5.88 Å². The molecule has 174 valence electrons. The molecule has 0 spiro atoms. The Morgan fingerprint density at radius 1 is 0.939 bits per heavy atom. The summed E-state index contributed by atoms with van der Waals surface area (Å²) in [5.41, 5.74) is 1.99. The molecule has 0 bridgehead atoms. The number of benzene rings is 1. The highest BCUT2D eigenvalue weighted by Gasteiger charge is 2.34. The van der Waals surface area contributed by atoms with E-state index in [1.165, 1.54) is 38.8 Å². The maximum Gasteiger partial charge on any atom is 0.213 e. The Bertz CT molecular complexity index is 1080. The molecular weight excluding hydrogens is 414 g/mol. The van der Waals surface area contributed by atoms with E-state index in [1.807, 2.05) is 18.2 Å². The first-order valence-electron chi connectivity index (χ1n) is 12.5. The van der Waals surface area contributed by atoms with Crippen LogP contribution in [0.1, 0.15) is 31.4 Å². The topological polar surface area (TPSA) is 57.9 Å². The fourth-order valence-electron chi connectivity index (χ4n) is 5.69. The molecule has 33 heavy (non-hydrogen) atoms. The van der Waals surface area contributed by atoms with Crippen LogP contribution in [0.25, 0.3) is 11.0 Å². The molecule has 3 aromatic rings. The van der Waals surface area contributed by atoms with Gasteiger partial charge in [0.1, 0.15) is 0 Å². The lowest BCUT2D eigenvalue weighted by Gasteiger charge is -2.46. The van der Waals surface area contributed by atoms with Gasteiger partial charge in [0.2, 0.25) is 5.88 Å². The summed E-state index contributed by atoms with van der Waals surface area (Å²) in [4.78, 5) is 12.3. The van der Waals surface area contributed by atoms with Crippen molar-refractivity contribution in [2.45, 2.75) is 38.3 Å². The summed E-state index contributed by atoms with van der Waals surface area (Å²) in [6, 6.07) is 14.9. The minimum Gasteiger partial charge on any atom is -0.477 e. The molecule has 6 rings (SSSR count). The van der Waals surface area contributed by atoms with Gasteiger partial charge in [-0.15, -0.1) is 0 Å². The fourth-order valence-corrected chi connectivity index (χ4v) is 5.69. The van der Waals surface area contributed by atoms with Gasteiger partial charge in [-0.3, -0.25) is 9.80 Å². The number of anilines is 1. The quantitative estimate of drug-likeness (QED) is 0.570. The van der Waals surface area contributed by atoms with Crippen molar-refractivity contribution in [2.24, 2.45) is 5.92 Å². The lowest BCUT2D eigenvalue weighted by molar-refractivity contribution is 0.0716. The average molecular weight is 448 g/mol. The zero-order valence-electron chi connectivity index (χ0n) is 19.2. The van der Waals surface area contributed by atoms with E-state index >= 15 is 0 Å². The second kappa shape index (κ2) is 9.31. The number of para-hydroxylation sites is 1. The lowest BCUT2D eigenvalue weighted by Crippen LogP contribution is -2.57.